The molecule has 10 atom stereocenters. The Hall–Kier alpha value is -2.18. The number of carbonyl (C=O) groups excluding carboxylic acids is 3. The van der Waals surface area contributed by atoms with Crippen LogP contribution in [0.25, 0.3) is 0 Å². The van der Waals surface area contributed by atoms with E-state index in [9.17, 15) is 24.3 Å². The number of hydrogen-bond donors (Lipinski definition) is 2. The maximum absolute atomic E-state index is 14.3. The van der Waals surface area contributed by atoms with Gasteiger partial charge in [-0.3, -0.25) is 14.4 Å². The van der Waals surface area contributed by atoms with Gasteiger partial charge in [0.05, 0.1) is 13.0 Å². The first-order chi connectivity index (χ1) is 18.6. The molecule has 4 saturated carbocycles. The van der Waals surface area contributed by atoms with Crippen LogP contribution in [0.1, 0.15) is 99.3 Å². The van der Waals surface area contributed by atoms with Gasteiger partial charge in [-0.2, -0.15) is 0 Å². The van der Waals surface area contributed by atoms with Gasteiger partial charge in [-0.15, -0.1) is 0 Å². The van der Waals surface area contributed by atoms with Gasteiger partial charge < -0.3 is 15.2 Å². The first kappa shape index (κ1) is 29.3. The minimum atomic E-state index is -0.701. The number of ether oxygens (including phenoxy) is 1. The van der Waals surface area contributed by atoms with Gasteiger partial charge >= 0.3 is 11.9 Å². The summed E-state index contributed by atoms with van der Waals surface area (Å²) < 4.78 is 4.81. The number of esters is 1. The van der Waals surface area contributed by atoms with Crippen LogP contribution in [0.5, 0.6) is 0 Å². The highest BCUT2D eigenvalue weighted by Crippen LogP contribution is 2.71. The Morgan fingerprint density at radius 2 is 1.60 bits per heavy atom. The van der Waals surface area contributed by atoms with Gasteiger partial charge in [-0.25, -0.2) is 4.79 Å². The Bertz CT molecular complexity index is 1140. The highest BCUT2D eigenvalue weighted by Gasteiger charge is 2.67. The molecular formula is C33H49NO6. The summed E-state index contributed by atoms with van der Waals surface area (Å²) in [4.78, 5) is 51.6. The molecule has 1 amide bonds. The van der Waals surface area contributed by atoms with Crippen molar-refractivity contribution in [2.24, 2.45) is 57.2 Å². The lowest BCUT2D eigenvalue weighted by molar-refractivity contribution is -0.181. The smallest absolute Gasteiger partial charge is 0.328 e. The molecule has 7 nitrogen and oxygen atoms in total. The molecule has 4 fully saturated rings. The van der Waals surface area contributed by atoms with E-state index in [0.29, 0.717) is 18.8 Å². The second-order valence-electron chi connectivity index (χ2n) is 15.4. The average molecular weight is 556 g/mol. The molecule has 5 rings (SSSR count). The van der Waals surface area contributed by atoms with Gasteiger partial charge in [0.1, 0.15) is 6.04 Å². The Kier molecular flexibility index (Phi) is 7.10. The van der Waals surface area contributed by atoms with E-state index in [1.807, 2.05) is 6.08 Å². The van der Waals surface area contributed by atoms with Gasteiger partial charge in [0.2, 0.25) is 5.91 Å². The van der Waals surface area contributed by atoms with Crippen molar-refractivity contribution in [2.45, 2.75) is 105 Å². The normalized spacial score (nSPS) is 44.5. The van der Waals surface area contributed by atoms with Crippen LogP contribution in [-0.2, 0) is 23.9 Å². The summed E-state index contributed by atoms with van der Waals surface area (Å²) in [6, 6.07) is -0.697. The van der Waals surface area contributed by atoms with E-state index in [1.165, 1.54) is 12.7 Å². The lowest BCUT2D eigenvalue weighted by atomic mass is 9.36. The molecule has 222 valence electrons. The molecule has 7 heteroatoms. The minimum Gasteiger partial charge on any atom is -0.481 e. The maximum Gasteiger partial charge on any atom is 0.328 e. The summed E-state index contributed by atoms with van der Waals surface area (Å²) in [5.74, 6) is -1.02. The largest absolute Gasteiger partial charge is 0.481 e. The molecule has 0 heterocycles. The van der Waals surface area contributed by atoms with Crippen molar-refractivity contribution < 1.29 is 29.0 Å². The first-order valence-electron chi connectivity index (χ1n) is 15.5. The molecule has 5 aliphatic rings. The Morgan fingerprint density at radius 3 is 2.25 bits per heavy atom. The van der Waals surface area contributed by atoms with Gasteiger partial charge in [0, 0.05) is 11.8 Å². The van der Waals surface area contributed by atoms with Crippen LogP contribution >= 0.6 is 0 Å². The zero-order valence-electron chi connectivity index (χ0n) is 25.5. The van der Waals surface area contributed by atoms with E-state index in [2.05, 4.69) is 39.9 Å². The van der Waals surface area contributed by atoms with E-state index >= 15 is 0 Å². The van der Waals surface area contributed by atoms with Crippen molar-refractivity contribution >= 4 is 23.6 Å². The summed E-state index contributed by atoms with van der Waals surface area (Å²) >= 11 is 0. The van der Waals surface area contributed by atoms with Gasteiger partial charge in [0.25, 0.3) is 0 Å². The van der Waals surface area contributed by atoms with Crippen LogP contribution in [-0.4, -0.2) is 41.9 Å². The standard InChI is InChI=1S/C33H49NO6/c1-18(29(39)40-7)34-27(36)22-10-14-33(6)25(30(22,2)3)11-15-32(5)21-9-13-31(4)12-8-19(28(37)38)16-23(31)20(21)17-24(35)26(32)33/h17-19,21-23,25-26H,8-16H2,1-7H3,(H,34,36)(H,37,38). The third kappa shape index (κ3) is 4.19. The molecule has 0 aliphatic heterocycles. The third-order valence-corrected chi connectivity index (χ3v) is 13.1. The zero-order valence-corrected chi connectivity index (χ0v) is 25.5. The first-order valence-corrected chi connectivity index (χ1v) is 15.5. The number of carboxylic acid groups (broad SMARTS) is 1. The van der Waals surface area contributed by atoms with Crippen molar-refractivity contribution in [2.75, 3.05) is 7.11 Å². The summed E-state index contributed by atoms with van der Waals surface area (Å²) in [7, 11) is 1.33. The molecule has 0 aromatic carbocycles. The van der Waals surface area contributed by atoms with Gasteiger partial charge in [-0.1, -0.05) is 40.2 Å². The second-order valence-corrected chi connectivity index (χ2v) is 15.4. The zero-order chi connectivity index (χ0) is 29.4. The predicted octanol–water partition coefficient (Wildman–Crippen LogP) is 5.57. The van der Waals surface area contributed by atoms with Crippen LogP contribution in [0.15, 0.2) is 11.6 Å². The third-order valence-electron chi connectivity index (χ3n) is 13.1. The van der Waals surface area contributed by atoms with Crippen molar-refractivity contribution in [3.8, 4) is 0 Å². The predicted molar refractivity (Wildman–Crippen MR) is 151 cm³/mol. The van der Waals surface area contributed by atoms with Crippen LogP contribution in [0.2, 0.25) is 0 Å². The number of amides is 1. The van der Waals surface area contributed by atoms with Crippen molar-refractivity contribution in [1.82, 2.24) is 5.32 Å². The fraction of sp³-hybridized carbons (Fsp3) is 0.818. The molecule has 40 heavy (non-hydrogen) atoms. The summed E-state index contributed by atoms with van der Waals surface area (Å²) in [5, 5.41) is 12.7. The van der Waals surface area contributed by atoms with Gasteiger partial charge in [0.15, 0.2) is 5.78 Å². The Labute approximate surface area is 239 Å². The van der Waals surface area contributed by atoms with Gasteiger partial charge in [-0.05, 0) is 110 Å². The fourth-order valence-corrected chi connectivity index (χ4v) is 11.0. The number of hydrogen-bond acceptors (Lipinski definition) is 5. The Morgan fingerprint density at radius 1 is 0.950 bits per heavy atom. The van der Waals surface area contributed by atoms with Crippen molar-refractivity contribution in [3.05, 3.63) is 11.6 Å². The molecule has 2 N–H and O–H groups in total. The fourth-order valence-electron chi connectivity index (χ4n) is 11.0. The lowest BCUT2D eigenvalue weighted by Crippen LogP contribution is -2.64. The molecular weight excluding hydrogens is 506 g/mol. The van der Waals surface area contributed by atoms with E-state index in [4.69, 9.17) is 4.74 Å². The van der Waals surface area contributed by atoms with Crippen LogP contribution < -0.4 is 5.32 Å². The monoisotopic (exact) mass is 555 g/mol. The Balaban J connectivity index is 1.45. The average Bonchev–Trinajstić information content (AvgIpc) is 2.86. The van der Waals surface area contributed by atoms with Crippen LogP contribution in [0.4, 0.5) is 0 Å². The molecule has 0 radical (unpaired) electrons. The maximum atomic E-state index is 14.3. The molecule has 0 bridgehead atoms. The van der Waals surface area contributed by atoms with E-state index in [0.717, 1.165) is 44.9 Å². The second kappa shape index (κ2) is 9.69. The number of allylic oxidation sites excluding steroid dienone is 2. The number of rotatable bonds is 4. The molecule has 0 saturated heterocycles. The lowest BCUT2D eigenvalue weighted by Gasteiger charge is -2.67. The number of fused-ring (bicyclic) bond motifs is 7. The molecule has 10 unspecified atom stereocenters. The quantitative estimate of drug-likeness (QED) is 0.439. The van der Waals surface area contributed by atoms with Crippen LogP contribution in [0, 0.1) is 57.2 Å². The van der Waals surface area contributed by atoms with Crippen molar-refractivity contribution in [3.63, 3.8) is 0 Å². The van der Waals surface area contributed by atoms with E-state index in [-0.39, 0.29) is 62.9 Å². The van der Waals surface area contributed by atoms with E-state index < -0.39 is 18.0 Å². The summed E-state index contributed by atoms with van der Waals surface area (Å²) in [6.07, 6.45) is 9.81. The number of nitrogens with one attached hydrogen (secondary N) is 1. The van der Waals surface area contributed by atoms with E-state index in [1.54, 1.807) is 6.92 Å². The molecule has 0 spiro atoms. The number of methoxy groups -OCH3 is 1. The minimum absolute atomic E-state index is 0.0770. The topological polar surface area (TPSA) is 110 Å². The number of carboxylic acids is 1. The molecule has 0 aromatic rings. The SMILES string of the molecule is COC(=O)C(C)NC(=O)C1CCC2(C)C(CCC3(C)C4CCC5(C)CCC(C(=O)O)CC5C4=CC(=O)C32)C1(C)C. The highest BCUT2D eigenvalue weighted by molar-refractivity contribution is 5.95. The summed E-state index contributed by atoms with van der Waals surface area (Å²) in [6.45, 7) is 13.0. The van der Waals surface area contributed by atoms with Crippen LogP contribution in [0.3, 0.4) is 0 Å². The number of carbonyl (C=O) groups is 4. The summed E-state index contributed by atoms with van der Waals surface area (Å²) in [5.41, 5.74) is 0.607. The molecule has 0 aromatic heterocycles. The highest BCUT2D eigenvalue weighted by atomic mass is 16.5. The molecule has 5 aliphatic carbocycles. The number of ketones is 1. The van der Waals surface area contributed by atoms with Crippen molar-refractivity contribution in [1.29, 1.82) is 0 Å². The number of aliphatic carboxylic acids is 1.